The molecule has 0 N–H and O–H groups in total. The molecule has 0 fully saturated rings. The molecule has 0 saturated carbocycles. The van der Waals surface area contributed by atoms with Crippen LogP contribution in [-0.4, -0.2) is 0 Å². The first-order valence-electron chi connectivity index (χ1n) is 31.8. The van der Waals surface area contributed by atoms with Gasteiger partial charge in [-0.05, 0) is 152 Å². The van der Waals surface area contributed by atoms with E-state index in [4.69, 9.17) is 16.0 Å². The number of furan rings is 1. The SMILES string of the molecule is CC(C)(C)c1ccc(N(c2ccccc2-c2ccccc2)c2cc(N(c3ccc(C(C)(C)C)cc3-c3ccccc3)c3cc(-c4ccccc4)cc(N(c4ccc5oc6ccccc6c5c4)c4csc5ccc(C(C)(C)C)cc45)c3Cl)ccc2-c2ccccc2)cc1. The van der Waals surface area contributed by atoms with Gasteiger partial charge in [-0.2, -0.15) is 0 Å². The lowest BCUT2D eigenvalue weighted by atomic mass is 9.84. The van der Waals surface area contributed by atoms with E-state index in [1.807, 2.05) is 12.1 Å². The summed E-state index contributed by atoms with van der Waals surface area (Å²) >= 11 is 10.5. The summed E-state index contributed by atoms with van der Waals surface area (Å²) in [7, 11) is 0. The molecule has 0 aliphatic rings. The first-order valence-corrected chi connectivity index (χ1v) is 33.1. The van der Waals surface area contributed by atoms with E-state index in [9.17, 15) is 0 Å². The van der Waals surface area contributed by atoms with Crippen molar-refractivity contribution < 1.29 is 4.42 Å². The molecule has 0 radical (unpaired) electrons. The van der Waals surface area contributed by atoms with Crippen molar-refractivity contribution >= 4 is 106 Å². The van der Waals surface area contributed by atoms with Crippen molar-refractivity contribution in [3.8, 4) is 44.5 Å². The predicted octanol–water partition coefficient (Wildman–Crippen LogP) is 26.4. The Morgan fingerprint density at radius 2 is 0.750 bits per heavy atom. The Morgan fingerprint density at radius 1 is 0.293 bits per heavy atom. The lowest BCUT2D eigenvalue weighted by molar-refractivity contribution is 0.590. The zero-order valence-electron chi connectivity index (χ0n) is 53.7. The van der Waals surface area contributed by atoms with Crippen molar-refractivity contribution in [1.29, 1.82) is 0 Å². The van der Waals surface area contributed by atoms with Crippen molar-refractivity contribution in [1.82, 2.24) is 0 Å². The molecule has 0 saturated heterocycles. The summed E-state index contributed by atoms with van der Waals surface area (Å²) in [5.74, 6) is 0. The minimum Gasteiger partial charge on any atom is -0.456 e. The van der Waals surface area contributed by atoms with Crippen LogP contribution in [0.2, 0.25) is 5.02 Å². The molecule has 14 rings (SSSR count). The number of halogens is 1. The third-order valence-electron chi connectivity index (χ3n) is 17.9. The number of benzene rings is 12. The Balaban J connectivity index is 1.11. The van der Waals surface area contributed by atoms with Gasteiger partial charge in [0.25, 0.3) is 0 Å². The fraction of sp³-hybridized carbons (Fsp3) is 0.140. The summed E-state index contributed by atoms with van der Waals surface area (Å²) in [6, 6.07) is 102. The summed E-state index contributed by atoms with van der Waals surface area (Å²) in [5.41, 5.74) is 22.3. The second-order valence-electron chi connectivity index (χ2n) is 27.2. The van der Waals surface area contributed by atoms with Gasteiger partial charge in [-0.25, -0.2) is 0 Å². The van der Waals surface area contributed by atoms with Crippen molar-refractivity contribution in [2.24, 2.45) is 0 Å². The average Bonchev–Trinajstić information content (AvgIpc) is 1.13. The number of nitrogens with zero attached hydrogens (tertiary/aromatic N) is 3. The van der Waals surface area contributed by atoms with Gasteiger partial charge in [0.05, 0.1) is 39.1 Å². The molecule has 2 heterocycles. The van der Waals surface area contributed by atoms with Crippen LogP contribution in [0.25, 0.3) is 76.5 Å². The van der Waals surface area contributed by atoms with Crippen molar-refractivity contribution in [3.63, 3.8) is 0 Å². The van der Waals surface area contributed by atoms with Crippen LogP contribution in [0, 0.1) is 0 Å². The smallest absolute Gasteiger partial charge is 0.135 e. The average molecular weight is 1230 g/mol. The molecule has 0 amide bonds. The third kappa shape index (κ3) is 11.5. The highest BCUT2D eigenvalue weighted by molar-refractivity contribution is 7.17. The number of para-hydroxylation sites is 2. The Hall–Kier alpha value is -9.91. The highest BCUT2D eigenvalue weighted by Gasteiger charge is 2.31. The van der Waals surface area contributed by atoms with Crippen LogP contribution in [0.15, 0.2) is 289 Å². The zero-order chi connectivity index (χ0) is 63.5. The van der Waals surface area contributed by atoms with E-state index in [1.165, 1.54) is 21.4 Å². The lowest BCUT2D eigenvalue weighted by Gasteiger charge is -2.35. The molecule has 0 aliphatic carbocycles. The number of thiophene rings is 1. The van der Waals surface area contributed by atoms with E-state index in [2.05, 4.69) is 349 Å². The molecule has 2 aromatic heterocycles. The van der Waals surface area contributed by atoms with Crippen molar-refractivity contribution in [3.05, 3.63) is 306 Å². The summed E-state index contributed by atoms with van der Waals surface area (Å²) in [4.78, 5) is 7.30. The van der Waals surface area contributed by atoms with E-state index in [0.29, 0.717) is 5.02 Å². The molecule has 0 bridgehead atoms. The maximum atomic E-state index is 8.73. The van der Waals surface area contributed by atoms with Crippen LogP contribution in [0.5, 0.6) is 0 Å². The van der Waals surface area contributed by atoms with E-state index in [0.717, 1.165) is 123 Å². The second kappa shape index (κ2) is 24.0. The molecule has 92 heavy (non-hydrogen) atoms. The van der Waals surface area contributed by atoms with Crippen molar-refractivity contribution in [2.75, 3.05) is 14.7 Å². The van der Waals surface area contributed by atoms with Gasteiger partial charge in [0.2, 0.25) is 0 Å². The van der Waals surface area contributed by atoms with Crippen LogP contribution < -0.4 is 14.7 Å². The number of fused-ring (bicyclic) bond motifs is 4. The summed E-state index contributed by atoms with van der Waals surface area (Å²) in [6.45, 7) is 20.6. The van der Waals surface area contributed by atoms with E-state index < -0.39 is 0 Å². The molecule has 4 nitrogen and oxygen atoms in total. The van der Waals surface area contributed by atoms with E-state index in [1.54, 1.807) is 11.3 Å². The van der Waals surface area contributed by atoms with Crippen molar-refractivity contribution in [2.45, 2.75) is 78.6 Å². The van der Waals surface area contributed by atoms with Gasteiger partial charge in [0, 0.05) is 60.0 Å². The first kappa shape index (κ1) is 59.7. The molecule has 0 atom stereocenters. The second-order valence-corrected chi connectivity index (χ2v) is 28.4. The highest BCUT2D eigenvalue weighted by atomic mass is 35.5. The minimum absolute atomic E-state index is 0.0613. The minimum atomic E-state index is -0.164. The molecular weight excluding hydrogens is 1160 g/mol. The van der Waals surface area contributed by atoms with Gasteiger partial charge in [0.1, 0.15) is 11.2 Å². The first-order chi connectivity index (χ1) is 44.4. The fourth-order valence-electron chi connectivity index (χ4n) is 12.8. The standard InChI is InChI=1S/C86H74ClN3OS/c1-84(2,3)62-38-42-65(43-39-62)88(74-36-24-22-34-68(74)58-28-16-11-17-29-58)76-55-67(44-46-69(76)59-30-18-12-19-31-59)89(75-47-40-63(85(4,5)6)52-71(75)60-32-20-13-21-33-60)77-50-61(57-26-14-10-15-27-57)51-78(83(77)87)90(79-56-92-82-49-41-64(53-73(79)82)86(7,8)9)66-45-48-81-72(54-66)70-35-23-25-37-80(70)91-81/h10-56H,1-9H3. The van der Waals surface area contributed by atoms with Crippen LogP contribution in [0.1, 0.15) is 79.0 Å². The normalized spacial score (nSPS) is 12.0. The molecule has 6 heteroatoms. The molecule has 0 aliphatic heterocycles. The molecular formula is C86H74ClN3OS. The highest BCUT2D eigenvalue weighted by Crippen LogP contribution is 2.55. The number of anilines is 9. The van der Waals surface area contributed by atoms with Gasteiger partial charge >= 0.3 is 0 Å². The van der Waals surface area contributed by atoms with E-state index >= 15 is 0 Å². The predicted molar refractivity (Wildman–Crippen MR) is 396 cm³/mol. The largest absolute Gasteiger partial charge is 0.456 e. The Labute approximate surface area is 550 Å². The fourth-order valence-corrected chi connectivity index (χ4v) is 14.0. The topological polar surface area (TPSA) is 22.9 Å². The quantitative estimate of drug-likeness (QED) is 0.115. The lowest BCUT2D eigenvalue weighted by Crippen LogP contribution is -2.18. The Bertz CT molecular complexity index is 4990. The molecule has 12 aromatic carbocycles. The van der Waals surface area contributed by atoms with Gasteiger partial charge in [-0.1, -0.05) is 262 Å². The van der Waals surface area contributed by atoms with Gasteiger partial charge in [-0.15, -0.1) is 11.3 Å². The summed E-state index contributed by atoms with van der Waals surface area (Å²) in [6.07, 6.45) is 0. The van der Waals surface area contributed by atoms with Gasteiger partial charge in [0.15, 0.2) is 0 Å². The van der Waals surface area contributed by atoms with Crippen LogP contribution in [0.4, 0.5) is 51.2 Å². The van der Waals surface area contributed by atoms with Crippen LogP contribution in [0.3, 0.4) is 0 Å². The molecule has 0 spiro atoms. The van der Waals surface area contributed by atoms with Gasteiger partial charge in [-0.3, -0.25) is 0 Å². The summed E-state index contributed by atoms with van der Waals surface area (Å²) < 4.78 is 7.74. The monoisotopic (exact) mass is 1230 g/mol. The Kier molecular flexibility index (Phi) is 15.6. The van der Waals surface area contributed by atoms with Crippen LogP contribution >= 0.6 is 22.9 Å². The van der Waals surface area contributed by atoms with Gasteiger partial charge < -0.3 is 19.1 Å². The third-order valence-corrected chi connectivity index (χ3v) is 19.2. The number of hydrogen-bond acceptors (Lipinski definition) is 5. The molecule has 452 valence electrons. The maximum Gasteiger partial charge on any atom is 0.135 e. The summed E-state index contributed by atoms with van der Waals surface area (Å²) in [5, 5.41) is 6.11. The van der Waals surface area contributed by atoms with Crippen LogP contribution in [-0.2, 0) is 16.2 Å². The number of rotatable bonds is 13. The van der Waals surface area contributed by atoms with E-state index in [-0.39, 0.29) is 16.2 Å². The maximum absolute atomic E-state index is 8.73. The molecule has 14 aromatic rings. The zero-order valence-corrected chi connectivity index (χ0v) is 55.2. The number of hydrogen-bond donors (Lipinski definition) is 0. The molecule has 0 unspecified atom stereocenters. The Morgan fingerprint density at radius 3 is 1.38 bits per heavy atom.